The van der Waals surface area contributed by atoms with E-state index >= 15 is 0 Å². The molecule has 0 saturated carbocycles. The molecule has 0 aliphatic heterocycles. The van der Waals surface area contributed by atoms with E-state index < -0.39 is 17.9 Å². The van der Waals surface area contributed by atoms with Crippen molar-refractivity contribution in [2.75, 3.05) is 13.1 Å². The molecule has 0 aliphatic rings. The molecule has 7 heteroatoms. The first-order valence-corrected chi connectivity index (χ1v) is 10.3. The van der Waals surface area contributed by atoms with Crippen molar-refractivity contribution in [1.29, 1.82) is 0 Å². The molecule has 0 aliphatic carbocycles. The molecule has 0 saturated heterocycles. The second-order valence-corrected chi connectivity index (χ2v) is 6.90. The molecule has 2 amide bonds. The molecule has 7 nitrogen and oxygen atoms in total. The van der Waals surface area contributed by atoms with E-state index in [4.69, 9.17) is 10.5 Å². The number of nitrogens with two attached hydrogens (primary N) is 1. The largest absolute Gasteiger partial charge is 0.425 e. The smallest absolute Gasteiger partial charge is 0.334 e. The Labute approximate surface area is 178 Å². The van der Waals surface area contributed by atoms with Crippen molar-refractivity contribution in [2.24, 2.45) is 5.73 Å². The van der Waals surface area contributed by atoms with Crippen LogP contribution in [0, 0.1) is 0 Å². The summed E-state index contributed by atoms with van der Waals surface area (Å²) in [6.07, 6.45) is 7.15. The van der Waals surface area contributed by atoms with E-state index in [9.17, 15) is 14.4 Å². The van der Waals surface area contributed by atoms with Crippen LogP contribution < -0.4 is 21.1 Å². The predicted molar refractivity (Wildman–Crippen MR) is 120 cm³/mol. The van der Waals surface area contributed by atoms with Crippen molar-refractivity contribution in [2.45, 2.75) is 51.5 Å². The van der Waals surface area contributed by atoms with Gasteiger partial charge in [0.25, 0.3) is 0 Å². The van der Waals surface area contributed by atoms with Gasteiger partial charge in [-0.2, -0.15) is 0 Å². The first-order valence-electron chi connectivity index (χ1n) is 10.3. The van der Waals surface area contributed by atoms with Crippen molar-refractivity contribution >= 4 is 29.9 Å². The molecule has 1 unspecified atom stereocenters. The molecule has 0 radical (unpaired) electrons. The zero-order valence-electron chi connectivity index (χ0n) is 17.7. The summed E-state index contributed by atoms with van der Waals surface area (Å²) in [5.74, 6) is -0.845. The van der Waals surface area contributed by atoms with Crippen LogP contribution in [0.1, 0.15) is 56.6 Å². The summed E-state index contributed by atoms with van der Waals surface area (Å²) in [5.41, 5.74) is 7.18. The number of nitrogens with one attached hydrogen (secondary N) is 2. The van der Waals surface area contributed by atoms with Gasteiger partial charge in [0, 0.05) is 6.42 Å². The third-order valence-corrected chi connectivity index (χ3v) is 4.49. The van der Waals surface area contributed by atoms with Crippen molar-refractivity contribution in [1.82, 2.24) is 10.6 Å². The van der Waals surface area contributed by atoms with Crippen LogP contribution >= 0.6 is 0 Å². The van der Waals surface area contributed by atoms with Gasteiger partial charge in [0.1, 0.15) is 11.8 Å². The van der Waals surface area contributed by atoms with Crippen LogP contribution in [0.15, 0.2) is 31.4 Å². The number of unbranched alkanes of at least 4 members (excludes halogenated alkanes) is 2. The Kier molecular flexibility index (Phi) is 11.8. The molecule has 1 aromatic rings. The van der Waals surface area contributed by atoms with Crippen molar-refractivity contribution in [3.63, 3.8) is 0 Å². The molecule has 0 spiro atoms. The Morgan fingerprint density at radius 1 is 1.10 bits per heavy atom. The first-order chi connectivity index (χ1) is 14.4. The molecule has 0 fully saturated rings. The van der Waals surface area contributed by atoms with E-state index in [1.54, 1.807) is 30.4 Å². The Morgan fingerprint density at radius 2 is 1.83 bits per heavy atom. The highest BCUT2D eigenvalue weighted by Crippen LogP contribution is 2.20. The maximum absolute atomic E-state index is 12.7. The third-order valence-electron chi connectivity index (χ3n) is 4.49. The Hall–Kier alpha value is -2.93. The summed E-state index contributed by atoms with van der Waals surface area (Å²) < 4.78 is 5.47. The minimum absolute atomic E-state index is 0.183. The number of rotatable bonds is 14. The Balaban J connectivity index is 2.74. The van der Waals surface area contributed by atoms with E-state index in [1.807, 2.05) is 6.92 Å². The van der Waals surface area contributed by atoms with Crippen LogP contribution in [-0.2, 0) is 14.4 Å². The second kappa shape index (κ2) is 14.1. The molecule has 1 aromatic carbocycles. The lowest BCUT2D eigenvalue weighted by molar-refractivity contribution is -0.139. The zero-order chi connectivity index (χ0) is 22.4. The van der Waals surface area contributed by atoms with Gasteiger partial charge < -0.3 is 21.1 Å². The second-order valence-electron chi connectivity index (χ2n) is 6.90. The standard InChI is InChI=1S/C23H33N3O4/c1-4-7-11-21(27)25-16-22(28)26-20(10-8-9-14-24)23(29)30-19-13-12-17(5-2)18(6-3)15-19/h5-6,12-13,15,20H,2-4,7-11,14,16,24H2,1H3,(H,25,27)(H,26,28). The lowest BCUT2D eigenvalue weighted by Gasteiger charge is -2.18. The lowest BCUT2D eigenvalue weighted by Crippen LogP contribution is -2.47. The van der Waals surface area contributed by atoms with Gasteiger partial charge in [-0.15, -0.1) is 0 Å². The number of benzene rings is 1. The average molecular weight is 416 g/mol. The normalized spacial score (nSPS) is 11.3. The quantitative estimate of drug-likeness (QED) is 0.246. The number of amides is 2. The molecule has 30 heavy (non-hydrogen) atoms. The summed E-state index contributed by atoms with van der Waals surface area (Å²) >= 11 is 0. The van der Waals surface area contributed by atoms with E-state index in [1.165, 1.54) is 0 Å². The summed E-state index contributed by atoms with van der Waals surface area (Å²) in [4.78, 5) is 36.6. The van der Waals surface area contributed by atoms with E-state index in [2.05, 4.69) is 23.8 Å². The molecule has 1 rings (SSSR count). The summed E-state index contributed by atoms with van der Waals surface area (Å²) in [6.45, 7) is 9.78. The summed E-state index contributed by atoms with van der Waals surface area (Å²) in [7, 11) is 0. The number of carbonyl (C=O) groups is 3. The Bertz CT molecular complexity index is 746. The molecule has 4 N–H and O–H groups in total. The zero-order valence-corrected chi connectivity index (χ0v) is 17.7. The van der Waals surface area contributed by atoms with Gasteiger partial charge in [0.2, 0.25) is 11.8 Å². The fourth-order valence-corrected chi connectivity index (χ4v) is 2.76. The maximum atomic E-state index is 12.7. The number of hydrogen-bond acceptors (Lipinski definition) is 5. The van der Waals surface area contributed by atoms with Gasteiger partial charge in [-0.25, -0.2) is 4.79 Å². The van der Waals surface area contributed by atoms with Crippen LogP contribution in [0.4, 0.5) is 0 Å². The van der Waals surface area contributed by atoms with Crippen LogP contribution in [-0.4, -0.2) is 36.9 Å². The molecule has 0 heterocycles. The number of esters is 1. The van der Waals surface area contributed by atoms with Gasteiger partial charge >= 0.3 is 5.97 Å². The minimum Gasteiger partial charge on any atom is -0.425 e. The molecule has 0 aromatic heterocycles. The van der Waals surface area contributed by atoms with Gasteiger partial charge in [-0.05, 0) is 55.5 Å². The SMILES string of the molecule is C=Cc1ccc(OC(=O)C(CCCCN)NC(=O)CNC(=O)CCCC)cc1C=C. The van der Waals surface area contributed by atoms with Gasteiger partial charge in [-0.3, -0.25) is 9.59 Å². The summed E-state index contributed by atoms with van der Waals surface area (Å²) in [6, 6.07) is 4.30. The number of hydrogen-bond donors (Lipinski definition) is 3. The van der Waals surface area contributed by atoms with Gasteiger partial charge in [-0.1, -0.05) is 44.7 Å². The molecule has 0 bridgehead atoms. The van der Waals surface area contributed by atoms with Crippen molar-refractivity contribution in [3.05, 3.63) is 42.5 Å². The maximum Gasteiger partial charge on any atom is 0.334 e. The third kappa shape index (κ3) is 9.05. The fraction of sp³-hybridized carbons (Fsp3) is 0.435. The number of carbonyl (C=O) groups excluding carboxylic acids is 3. The highest BCUT2D eigenvalue weighted by atomic mass is 16.5. The average Bonchev–Trinajstić information content (AvgIpc) is 2.75. The monoisotopic (exact) mass is 415 g/mol. The first kappa shape index (κ1) is 25.1. The number of ether oxygens (including phenoxy) is 1. The highest BCUT2D eigenvalue weighted by molar-refractivity contribution is 5.89. The lowest BCUT2D eigenvalue weighted by atomic mass is 10.1. The Morgan fingerprint density at radius 3 is 2.47 bits per heavy atom. The van der Waals surface area contributed by atoms with Crippen molar-refractivity contribution in [3.8, 4) is 5.75 Å². The minimum atomic E-state index is -0.831. The van der Waals surface area contributed by atoms with Crippen LogP contribution in [0.2, 0.25) is 0 Å². The van der Waals surface area contributed by atoms with E-state index in [0.717, 1.165) is 30.4 Å². The fourth-order valence-electron chi connectivity index (χ4n) is 2.76. The molecular weight excluding hydrogens is 382 g/mol. The molecule has 164 valence electrons. The highest BCUT2D eigenvalue weighted by Gasteiger charge is 2.23. The topological polar surface area (TPSA) is 111 Å². The van der Waals surface area contributed by atoms with Crippen LogP contribution in [0.5, 0.6) is 5.75 Å². The van der Waals surface area contributed by atoms with Crippen molar-refractivity contribution < 1.29 is 19.1 Å². The molecule has 1 atom stereocenters. The molecular formula is C23H33N3O4. The van der Waals surface area contributed by atoms with Crippen LogP contribution in [0.25, 0.3) is 12.2 Å². The summed E-state index contributed by atoms with van der Waals surface area (Å²) in [5, 5.41) is 5.22. The van der Waals surface area contributed by atoms with E-state index in [-0.39, 0.29) is 12.5 Å². The van der Waals surface area contributed by atoms with E-state index in [0.29, 0.717) is 31.6 Å². The predicted octanol–water partition coefficient (Wildman–Crippen LogP) is 2.80. The van der Waals surface area contributed by atoms with Crippen LogP contribution in [0.3, 0.4) is 0 Å². The van der Waals surface area contributed by atoms with Gasteiger partial charge in [0.15, 0.2) is 0 Å². The van der Waals surface area contributed by atoms with Gasteiger partial charge in [0.05, 0.1) is 6.54 Å².